The van der Waals surface area contributed by atoms with Crippen LogP contribution in [0.15, 0.2) is 60.9 Å². The number of imidazole rings is 1. The third kappa shape index (κ3) is 5.00. The highest BCUT2D eigenvalue weighted by Gasteiger charge is 2.34. The van der Waals surface area contributed by atoms with Gasteiger partial charge in [-0.3, -0.25) is 4.79 Å². The van der Waals surface area contributed by atoms with E-state index in [0.717, 1.165) is 29.5 Å². The summed E-state index contributed by atoms with van der Waals surface area (Å²) in [6.45, 7) is 1.47. The van der Waals surface area contributed by atoms with E-state index in [4.69, 9.17) is 0 Å². The van der Waals surface area contributed by atoms with Crippen LogP contribution in [0.1, 0.15) is 54.8 Å². The third-order valence-corrected chi connectivity index (χ3v) is 6.32. The standard InChI is InChI=1S/C27H29N3O3/c1-18(32)26-29-13-14-30(26)25(17-31)12-5-19-3-6-20(7-4-19)21-8-10-22(11-9-21)23-15-24(16-23)27(33)28-2/h3-4,6-11,13-14,18,23-25,31-32H,15-17H2,1-2H3,(H,28,33)/t18-,23?,24?,25-/m0/s1. The molecule has 0 saturated heterocycles. The van der Waals surface area contributed by atoms with Crippen molar-refractivity contribution in [3.63, 3.8) is 0 Å². The fraction of sp³-hybridized carbons (Fsp3) is 0.333. The summed E-state index contributed by atoms with van der Waals surface area (Å²) < 4.78 is 1.70. The van der Waals surface area contributed by atoms with Crippen molar-refractivity contribution in [2.45, 2.75) is 37.8 Å². The molecule has 1 aliphatic carbocycles. The number of hydrogen-bond donors (Lipinski definition) is 3. The first-order valence-corrected chi connectivity index (χ1v) is 11.2. The number of nitrogens with one attached hydrogen (secondary N) is 1. The van der Waals surface area contributed by atoms with E-state index >= 15 is 0 Å². The molecule has 6 nitrogen and oxygen atoms in total. The van der Waals surface area contributed by atoms with Gasteiger partial charge in [0.1, 0.15) is 18.0 Å². The van der Waals surface area contributed by atoms with E-state index in [0.29, 0.717) is 11.7 Å². The van der Waals surface area contributed by atoms with Gasteiger partial charge in [-0.05, 0) is 54.5 Å². The molecule has 3 N–H and O–H groups in total. The number of amides is 1. The average molecular weight is 444 g/mol. The minimum atomic E-state index is -0.733. The molecule has 1 saturated carbocycles. The zero-order chi connectivity index (χ0) is 23.4. The molecule has 1 amide bonds. The van der Waals surface area contributed by atoms with Gasteiger partial charge >= 0.3 is 0 Å². The van der Waals surface area contributed by atoms with Crippen molar-refractivity contribution in [1.82, 2.24) is 14.9 Å². The van der Waals surface area contributed by atoms with Gasteiger partial charge in [0.15, 0.2) is 0 Å². The Morgan fingerprint density at radius 3 is 2.36 bits per heavy atom. The van der Waals surface area contributed by atoms with Crippen molar-refractivity contribution in [2.24, 2.45) is 5.92 Å². The first-order valence-electron chi connectivity index (χ1n) is 11.2. The molecule has 1 heterocycles. The first-order chi connectivity index (χ1) is 16.0. The molecule has 0 unspecified atom stereocenters. The number of carbonyl (C=O) groups is 1. The normalized spacial score (nSPS) is 19.0. The molecule has 0 spiro atoms. The van der Waals surface area contributed by atoms with Gasteiger partial charge in [-0.15, -0.1) is 0 Å². The van der Waals surface area contributed by atoms with Gasteiger partial charge in [-0.2, -0.15) is 0 Å². The van der Waals surface area contributed by atoms with Gasteiger partial charge in [-0.1, -0.05) is 48.2 Å². The van der Waals surface area contributed by atoms with Crippen molar-refractivity contribution in [3.8, 4) is 23.0 Å². The van der Waals surface area contributed by atoms with Crippen molar-refractivity contribution in [1.29, 1.82) is 0 Å². The van der Waals surface area contributed by atoms with Crippen LogP contribution in [0.5, 0.6) is 0 Å². The Morgan fingerprint density at radius 2 is 1.79 bits per heavy atom. The monoisotopic (exact) mass is 443 g/mol. The van der Waals surface area contributed by atoms with Gasteiger partial charge in [0.25, 0.3) is 0 Å². The molecule has 1 fully saturated rings. The summed E-state index contributed by atoms with van der Waals surface area (Å²) in [6.07, 6.45) is 4.41. The fourth-order valence-corrected chi connectivity index (χ4v) is 4.28. The highest BCUT2D eigenvalue weighted by molar-refractivity contribution is 5.79. The Hall–Kier alpha value is -3.40. The van der Waals surface area contributed by atoms with Crippen molar-refractivity contribution >= 4 is 5.91 Å². The van der Waals surface area contributed by atoms with Crippen LogP contribution in [-0.4, -0.2) is 39.3 Å². The first kappa shape index (κ1) is 22.8. The Bertz CT molecular complexity index is 1150. The van der Waals surface area contributed by atoms with E-state index in [1.165, 1.54) is 5.56 Å². The molecule has 0 bridgehead atoms. The number of benzene rings is 2. The third-order valence-electron chi connectivity index (χ3n) is 6.32. The van der Waals surface area contributed by atoms with Gasteiger partial charge in [-0.25, -0.2) is 4.98 Å². The Morgan fingerprint density at radius 1 is 1.15 bits per heavy atom. The summed E-state index contributed by atoms with van der Waals surface area (Å²) >= 11 is 0. The zero-order valence-electron chi connectivity index (χ0n) is 18.9. The van der Waals surface area contributed by atoms with Crippen LogP contribution in [0, 0.1) is 17.8 Å². The van der Waals surface area contributed by atoms with Crippen LogP contribution < -0.4 is 5.32 Å². The van der Waals surface area contributed by atoms with E-state index < -0.39 is 12.1 Å². The fourth-order valence-electron chi connectivity index (χ4n) is 4.28. The minimum absolute atomic E-state index is 0.143. The van der Waals surface area contributed by atoms with Crippen molar-refractivity contribution in [3.05, 3.63) is 77.9 Å². The van der Waals surface area contributed by atoms with Gasteiger partial charge < -0.3 is 20.1 Å². The van der Waals surface area contributed by atoms with Crippen molar-refractivity contribution < 1.29 is 15.0 Å². The maximum Gasteiger partial charge on any atom is 0.222 e. The SMILES string of the molecule is CNC(=O)C1CC(c2ccc(-c3ccc(C#C[C@@H](CO)n4ccnc4[C@H](C)O)cc3)cc2)C1. The summed E-state index contributed by atoms with van der Waals surface area (Å²) in [5.41, 5.74) is 4.37. The van der Waals surface area contributed by atoms with Crippen LogP contribution in [-0.2, 0) is 4.79 Å². The summed E-state index contributed by atoms with van der Waals surface area (Å²) in [7, 11) is 1.69. The van der Waals surface area contributed by atoms with Crippen LogP contribution in [0.3, 0.4) is 0 Å². The molecule has 1 aromatic heterocycles. The maximum atomic E-state index is 11.7. The number of aliphatic hydroxyl groups is 2. The van der Waals surface area contributed by atoms with E-state index in [9.17, 15) is 15.0 Å². The molecule has 33 heavy (non-hydrogen) atoms. The number of carbonyl (C=O) groups excluding carboxylic acids is 1. The second kappa shape index (κ2) is 10.0. The second-order valence-corrected chi connectivity index (χ2v) is 8.52. The number of rotatable bonds is 6. The molecule has 2 aromatic carbocycles. The van der Waals surface area contributed by atoms with Gasteiger partial charge in [0.05, 0.1) is 6.61 Å². The second-order valence-electron chi connectivity index (χ2n) is 8.52. The topological polar surface area (TPSA) is 87.4 Å². The summed E-state index contributed by atoms with van der Waals surface area (Å²) in [4.78, 5) is 15.8. The molecular formula is C27H29N3O3. The molecule has 0 radical (unpaired) electrons. The minimum Gasteiger partial charge on any atom is -0.393 e. The summed E-state index contributed by atoms with van der Waals surface area (Å²) in [6, 6.07) is 16.1. The Kier molecular flexibility index (Phi) is 6.93. The predicted molar refractivity (Wildman–Crippen MR) is 127 cm³/mol. The van der Waals surface area contributed by atoms with E-state index in [1.54, 1.807) is 30.9 Å². The lowest BCUT2D eigenvalue weighted by molar-refractivity contribution is -0.127. The average Bonchev–Trinajstić information content (AvgIpc) is 3.29. The van der Waals surface area contributed by atoms with Crippen LogP contribution in [0.25, 0.3) is 11.1 Å². The molecule has 2 atom stereocenters. The highest BCUT2D eigenvalue weighted by Crippen LogP contribution is 2.42. The molecule has 0 aliphatic heterocycles. The zero-order valence-corrected chi connectivity index (χ0v) is 18.9. The van der Waals surface area contributed by atoms with Crippen molar-refractivity contribution in [2.75, 3.05) is 13.7 Å². The molecule has 1 aliphatic rings. The number of hydrogen-bond acceptors (Lipinski definition) is 4. The van der Waals surface area contributed by atoms with Crippen LogP contribution in [0.4, 0.5) is 0 Å². The smallest absolute Gasteiger partial charge is 0.222 e. The van der Waals surface area contributed by atoms with Gasteiger partial charge in [0.2, 0.25) is 5.91 Å². The van der Waals surface area contributed by atoms with Crippen LogP contribution >= 0.6 is 0 Å². The molecular weight excluding hydrogens is 414 g/mol. The lowest BCUT2D eigenvalue weighted by Gasteiger charge is -2.34. The van der Waals surface area contributed by atoms with E-state index in [-0.39, 0.29) is 18.4 Å². The predicted octanol–water partition coefficient (Wildman–Crippen LogP) is 3.43. The number of aromatic nitrogens is 2. The molecule has 170 valence electrons. The number of aliphatic hydroxyl groups excluding tert-OH is 2. The quantitative estimate of drug-likeness (QED) is 0.510. The van der Waals surface area contributed by atoms with E-state index in [2.05, 4.69) is 46.4 Å². The lowest BCUT2D eigenvalue weighted by atomic mass is 9.71. The van der Waals surface area contributed by atoms with Crippen LogP contribution in [0.2, 0.25) is 0 Å². The number of nitrogens with zero attached hydrogens (tertiary/aromatic N) is 2. The highest BCUT2D eigenvalue weighted by atomic mass is 16.3. The molecule has 6 heteroatoms. The molecule has 3 aromatic rings. The Labute approximate surface area is 194 Å². The Balaban J connectivity index is 1.42. The van der Waals surface area contributed by atoms with E-state index in [1.807, 2.05) is 24.3 Å². The molecule has 4 rings (SSSR count). The largest absolute Gasteiger partial charge is 0.393 e. The van der Waals surface area contributed by atoms with Gasteiger partial charge in [0, 0.05) is 30.9 Å². The lowest BCUT2D eigenvalue weighted by Crippen LogP contribution is -2.35. The summed E-state index contributed by atoms with van der Waals surface area (Å²) in [5.74, 6) is 7.42. The maximum absolute atomic E-state index is 11.7. The summed E-state index contributed by atoms with van der Waals surface area (Å²) in [5, 5.41) is 22.3.